The Kier molecular flexibility index (Phi) is 24.9. The van der Waals surface area contributed by atoms with E-state index in [-0.39, 0.29) is 16.9 Å². The first-order chi connectivity index (χ1) is 41.7. The molecule has 0 bridgehead atoms. The van der Waals surface area contributed by atoms with Crippen molar-refractivity contribution in [2.24, 2.45) is 0 Å². The van der Waals surface area contributed by atoms with Gasteiger partial charge in [-0.15, -0.1) is 0 Å². The number of nitrogens with zero attached hydrogens (tertiary/aromatic N) is 2. The van der Waals surface area contributed by atoms with Gasteiger partial charge in [0, 0.05) is 36.7 Å². The van der Waals surface area contributed by atoms with Crippen molar-refractivity contribution in [3.8, 4) is 46.3 Å². The normalized spacial score (nSPS) is 11.8. The summed E-state index contributed by atoms with van der Waals surface area (Å²) in [5.41, 5.74) is 3.47. The van der Waals surface area contributed by atoms with E-state index in [9.17, 15) is 30.5 Å². The van der Waals surface area contributed by atoms with Crippen LogP contribution in [0.2, 0.25) is 0 Å². The average molecular weight is 1220 g/mol. The summed E-state index contributed by atoms with van der Waals surface area (Å²) in [7, 11) is -4.66. The molecule has 8 nitrogen and oxygen atoms in total. The molecule has 2 atom stereocenters. The van der Waals surface area contributed by atoms with E-state index in [1.165, 1.54) is 11.1 Å². The lowest BCUT2D eigenvalue weighted by Gasteiger charge is -2.19. The molecule has 2 unspecified atom stereocenters. The molecule has 0 N–H and O–H groups in total. The first kappa shape index (κ1) is 65.1. The maximum atomic E-state index is 14.3. The van der Waals surface area contributed by atoms with Gasteiger partial charge >= 0.3 is 7.54 Å². The predicted molar refractivity (Wildman–Crippen MR) is 326 cm³/mol. The van der Waals surface area contributed by atoms with Crippen molar-refractivity contribution >= 4 is 48.4 Å². The molecular weight excluding hydrogens is 1170 g/mol. The first-order valence-corrected chi connectivity index (χ1v) is 28.7. The number of ether oxygens (including phenoxy) is 6. The fourth-order valence-electron chi connectivity index (χ4n) is 7.85. The third kappa shape index (κ3) is 20.6. The maximum absolute atomic E-state index is 14.3. The molecule has 8 aromatic carbocycles. The summed E-state index contributed by atoms with van der Waals surface area (Å²) in [6.07, 6.45) is 9.06. The molecule has 0 fully saturated rings. The minimum absolute atomic E-state index is 0. The second-order valence-electron chi connectivity index (χ2n) is 18.4. The Morgan fingerprint density at radius 2 is 0.805 bits per heavy atom. The molecule has 0 radical (unpaired) electrons. The molecule has 19 heteroatoms. The molecule has 1 aliphatic rings. The summed E-state index contributed by atoms with van der Waals surface area (Å²) in [6.45, 7) is 8.23. The number of fused-ring (bicyclic) bond motifs is 2. The van der Waals surface area contributed by atoms with Crippen molar-refractivity contribution in [3.05, 3.63) is 277 Å². The molecule has 87 heavy (non-hydrogen) atoms. The minimum atomic E-state index is -3.67. The van der Waals surface area contributed by atoms with Gasteiger partial charge in [0.25, 0.3) is 0 Å². The predicted octanol–water partition coefficient (Wildman–Crippen LogP) is 15.9. The molecule has 0 amide bonds. The summed E-state index contributed by atoms with van der Waals surface area (Å²) in [4.78, 5) is 10.9. The van der Waals surface area contributed by atoms with E-state index in [1.807, 2.05) is 147 Å². The van der Waals surface area contributed by atoms with Crippen molar-refractivity contribution in [3.63, 3.8) is 0 Å². The molecule has 10 aromatic rings. The van der Waals surface area contributed by atoms with Crippen LogP contribution >= 0.6 is 11.8 Å². The van der Waals surface area contributed by atoms with Crippen LogP contribution in [0.25, 0.3) is 18.2 Å². The van der Waals surface area contributed by atoms with Crippen molar-refractivity contribution < 1.29 is 63.6 Å². The molecule has 0 aliphatic carbocycles. The Hall–Kier alpha value is -9.46. The number of pyridine rings is 2. The quantitative estimate of drug-likeness (QED) is 0.0361. The maximum Gasteiger partial charge on any atom is 0.762 e. The monoisotopic (exact) mass is 1220 g/mol. The van der Waals surface area contributed by atoms with Gasteiger partial charge in [-0.1, -0.05) is 121 Å². The molecule has 0 saturated carbocycles. The van der Waals surface area contributed by atoms with E-state index in [0.29, 0.717) is 66.7 Å². The lowest BCUT2D eigenvalue weighted by atomic mass is 10.1. The van der Waals surface area contributed by atoms with Gasteiger partial charge in [0.15, 0.2) is 38.0 Å². The third-order valence-corrected chi connectivity index (χ3v) is 15.6. The molecular formula is C68H55BF8N2O6S2. The molecule has 11 rings (SSSR count). The lowest BCUT2D eigenvalue weighted by molar-refractivity contribution is -0.0000250. The Balaban J connectivity index is 0.000000211. The number of benzene rings is 8. The van der Waals surface area contributed by atoms with Crippen molar-refractivity contribution in [1.82, 2.24) is 9.97 Å². The zero-order chi connectivity index (χ0) is 60.6. The summed E-state index contributed by atoms with van der Waals surface area (Å²) in [5, 5.41) is 0. The Bertz CT molecular complexity index is 3660. The zero-order valence-corrected chi connectivity index (χ0v) is 48.3. The van der Waals surface area contributed by atoms with Crippen LogP contribution in [0.1, 0.15) is 30.5 Å². The van der Waals surface area contributed by atoms with Crippen LogP contribution in [0.5, 0.6) is 46.3 Å². The first-order valence-electron chi connectivity index (χ1n) is 26.6. The Labute approximate surface area is 506 Å². The van der Waals surface area contributed by atoms with Crippen LogP contribution in [0.15, 0.2) is 262 Å². The fraction of sp³-hybridized carbons (Fsp3) is 0.0882. The van der Waals surface area contributed by atoms with Gasteiger partial charge in [0.05, 0.1) is 9.79 Å². The Morgan fingerprint density at radius 3 is 1.18 bits per heavy atom. The summed E-state index contributed by atoms with van der Waals surface area (Å²) in [5.74, 6) is 1.19. The molecule has 2 aromatic heterocycles. The number of hydrogen-bond acceptors (Lipinski definition) is 9. The lowest BCUT2D eigenvalue weighted by Crippen LogP contribution is -3.00. The molecule has 0 saturated heterocycles. The number of halogens is 8. The van der Waals surface area contributed by atoms with E-state index in [4.69, 9.17) is 28.4 Å². The summed E-state index contributed by atoms with van der Waals surface area (Å²) in [6, 6.07) is 65.5. The van der Waals surface area contributed by atoms with Gasteiger partial charge in [0.2, 0.25) is 11.8 Å². The van der Waals surface area contributed by atoms with Gasteiger partial charge in [-0.2, -0.15) is 0 Å². The van der Waals surface area contributed by atoms with Crippen LogP contribution in [0, 0.1) is 23.3 Å². The summed E-state index contributed by atoms with van der Waals surface area (Å²) < 4.78 is 121. The van der Waals surface area contributed by atoms with Gasteiger partial charge in [-0.25, -0.2) is 27.5 Å². The van der Waals surface area contributed by atoms with Gasteiger partial charge < -0.3 is 33.1 Å². The minimum Gasteiger partial charge on any atom is -1.00 e. The zero-order valence-electron chi connectivity index (χ0n) is 46.7. The van der Waals surface area contributed by atoms with Crippen molar-refractivity contribution in [1.29, 1.82) is 0 Å². The molecule has 444 valence electrons. The van der Waals surface area contributed by atoms with Gasteiger partial charge in [-0.3, -0.25) is 12.9 Å². The number of rotatable bonds is 18. The van der Waals surface area contributed by atoms with Crippen LogP contribution < -0.4 is 33.1 Å². The van der Waals surface area contributed by atoms with Crippen LogP contribution in [-0.2, 0) is 10.9 Å². The topological polar surface area (TPSA) is 81.2 Å². The van der Waals surface area contributed by atoms with E-state index < -0.39 is 41.7 Å². The number of hydrogen-bond donors (Lipinski definition) is 0. The van der Waals surface area contributed by atoms with Crippen molar-refractivity contribution in [2.45, 2.75) is 50.5 Å². The SMILES string of the molecule is C=Cc1ccccc1.CC(COc1ccc(Oc2ccc(/C=C/c3ccccc3)cc2)cc1)Oc1ccccn1.CC(COc1ccc(Oc2ccc([S+]3c4cc(F)c(F)cc4Sc4cc(F)c(F)cc43)cc2)cc1)Oc1ccccn1.FB(F)F.[F-]. The highest BCUT2D eigenvalue weighted by Crippen LogP contribution is 2.49. The second kappa shape index (κ2) is 33.3. The smallest absolute Gasteiger partial charge is 0.762 e. The standard InChI is InChI=1S/C32H22F4NO3S2.C28H25NO3.C8H8.BF3.FH/c1-19(39-32-4-2-3-13-37-32)18-38-20-5-7-21(8-6-20)40-22-9-11-23(12-10-22)42-30-16-26(35)24(33)14-28(30)41-29-15-25(34)27(36)17-31(29)42;1-22(31-28-9-5-6-20-29-28)21-30-25-16-18-27(19-17-25)32-26-14-12-24(13-15-26)11-10-23-7-3-2-4-8-23;1-2-8-6-4-3-5-7-8;2-1(3)4;/h2-17,19H,18H2,1H3;2-20,22H,21H2,1H3;2-7H,1H2;;1H/q+1;;;;/p-1/b;11-10+;;;. The molecule has 0 spiro atoms. The summed E-state index contributed by atoms with van der Waals surface area (Å²) >= 11 is 1.09. The fourth-order valence-corrected chi connectivity index (χ4v) is 11.6. The highest BCUT2D eigenvalue weighted by molar-refractivity contribution is 8.04. The molecule has 1 aliphatic heterocycles. The van der Waals surface area contributed by atoms with Gasteiger partial charge in [-0.05, 0) is 140 Å². The highest BCUT2D eigenvalue weighted by Gasteiger charge is 2.40. The third-order valence-electron chi connectivity index (χ3n) is 11.9. The second-order valence-corrected chi connectivity index (χ2v) is 21.5. The largest absolute Gasteiger partial charge is 1.00 e. The highest BCUT2D eigenvalue weighted by atomic mass is 32.2. The van der Waals surface area contributed by atoms with Gasteiger partial charge in [0.1, 0.15) is 70.8 Å². The van der Waals surface area contributed by atoms with Crippen molar-refractivity contribution in [2.75, 3.05) is 13.2 Å². The van der Waals surface area contributed by atoms with Crippen LogP contribution in [0.3, 0.4) is 0 Å². The number of aromatic nitrogens is 2. The average Bonchev–Trinajstić information content (AvgIpc) is 0.903. The van der Waals surface area contributed by atoms with E-state index >= 15 is 0 Å². The van der Waals surface area contributed by atoms with E-state index in [2.05, 4.69) is 40.8 Å². The molecule has 3 heterocycles. The Morgan fingerprint density at radius 1 is 0.460 bits per heavy atom. The van der Waals surface area contributed by atoms with E-state index in [0.717, 1.165) is 58.8 Å². The van der Waals surface area contributed by atoms with E-state index in [1.54, 1.807) is 67.0 Å². The van der Waals surface area contributed by atoms with Crippen LogP contribution in [-0.4, -0.2) is 42.9 Å². The van der Waals surface area contributed by atoms with Crippen LogP contribution in [0.4, 0.5) is 30.5 Å².